The summed E-state index contributed by atoms with van der Waals surface area (Å²) in [6.45, 7) is -0.654. The van der Waals surface area contributed by atoms with Crippen LogP contribution in [0.3, 0.4) is 0 Å². The van der Waals surface area contributed by atoms with E-state index >= 15 is 0 Å². The van der Waals surface area contributed by atoms with Gasteiger partial charge in [-0.2, -0.15) is 13.2 Å². The van der Waals surface area contributed by atoms with Crippen molar-refractivity contribution < 1.29 is 22.0 Å². The van der Waals surface area contributed by atoms with Crippen molar-refractivity contribution in [2.75, 3.05) is 13.6 Å². The van der Waals surface area contributed by atoms with Gasteiger partial charge in [0.1, 0.15) is 0 Å². The lowest BCUT2D eigenvalue weighted by Gasteiger charge is -2.19. The molecule has 0 fully saturated rings. The summed E-state index contributed by atoms with van der Waals surface area (Å²) in [6, 6.07) is 4.39. The van der Waals surface area contributed by atoms with E-state index in [0.717, 1.165) is 12.1 Å². The van der Waals surface area contributed by atoms with Crippen molar-refractivity contribution in [1.29, 1.82) is 0 Å². The molecule has 0 radical (unpaired) electrons. The van der Waals surface area contributed by atoms with Gasteiger partial charge in [0.2, 0.25) is 0 Å². The second kappa shape index (κ2) is 5.00. The van der Waals surface area contributed by atoms with Crippen molar-refractivity contribution in [3.63, 3.8) is 0 Å². The third-order valence-corrected chi connectivity index (χ3v) is 2.21. The summed E-state index contributed by atoms with van der Waals surface area (Å²) in [6.07, 6.45) is -5.53. The third kappa shape index (κ3) is 3.96. The van der Waals surface area contributed by atoms with Gasteiger partial charge in [-0.25, -0.2) is 8.78 Å². The van der Waals surface area contributed by atoms with E-state index in [4.69, 9.17) is 0 Å². The molecule has 0 unspecified atom stereocenters. The molecule has 0 atom stereocenters. The topological polar surface area (TPSA) is 12.0 Å². The Morgan fingerprint density at radius 3 is 2.18 bits per heavy atom. The number of halogens is 5. The summed E-state index contributed by atoms with van der Waals surface area (Å²) in [4.78, 5) is 0. The van der Waals surface area contributed by atoms with Crippen LogP contribution in [0.1, 0.15) is 11.1 Å². The zero-order chi connectivity index (χ0) is 13.1. The smallest absolute Gasteiger partial charge is 0.314 e. The van der Waals surface area contributed by atoms with Crippen molar-refractivity contribution in [3.8, 4) is 0 Å². The Kier molecular flexibility index (Phi) is 4.08. The van der Waals surface area contributed by atoms with Crippen LogP contribution in [0, 0.1) is 0 Å². The number of alkyl halides is 5. The van der Waals surface area contributed by atoms with E-state index < -0.39 is 30.6 Å². The molecule has 0 aliphatic rings. The van der Waals surface area contributed by atoms with Gasteiger partial charge < -0.3 is 5.32 Å². The van der Waals surface area contributed by atoms with Gasteiger partial charge >= 0.3 is 6.18 Å². The standard InChI is InChI=1S/C11H12F5N/c1-17-7-10(12,13)6-8-4-2-3-5-9(8)11(14,15)16/h2-5,17H,6-7H2,1H3. The average Bonchev–Trinajstić information content (AvgIpc) is 2.15. The van der Waals surface area contributed by atoms with E-state index in [-0.39, 0.29) is 5.56 Å². The molecular weight excluding hydrogens is 241 g/mol. The van der Waals surface area contributed by atoms with Crippen molar-refractivity contribution in [2.24, 2.45) is 0 Å². The number of nitrogens with one attached hydrogen (secondary N) is 1. The fraction of sp³-hybridized carbons (Fsp3) is 0.455. The third-order valence-electron chi connectivity index (χ3n) is 2.21. The molecule has 0 bridgehead atoms. The van der Waals surface area contributed by atoms with Gasteiger partial charge in [-0.15, -0.1) is 0 Å². The monoisotopic (exact) mass is 253 g/mol. The Bertz CT molecular complexity index is 372. The highest BCUT2D eigenvalue weighted by molar-refractivity contribution is 5.30. The predicted molar refractivity (Wildman–Crippen MR) is 54.0 cm³/mol. The molecule has 96 valence electrons. The van der Waals surface area contributed by atoms with Crippen LogP contribution < -0.4 is 5.32 Å². The van der Waals surface area contributed by atoms with Gasteiger partial charge in [0.15, 0.2) is 0 Å². The molecule has 0 saturated heterocycles. The highest BCUT2D eigenvalue weighted by Crippen LogP contribution is 2.34. The van der Waals surface area contributed by atoms with Crippen molar-refractivity contribution in [2.45, 2.75) is 18.5 Å². The summed E-state index contributed by atoms with van der Waals surface area (Å²) in [7, 11) is 1.32. The minimum atomic E-state index is -4.60. The van der Waals surface area contributed by atoms with Gasteiger partial charge in [-0.3, -0.25) is 0 Å². The zero-order valence-electron chi connectivity index (χ0n) is 9.11. The van der Waals surface area contributed by atoms with Gasteiger partial charge in [0, 0.05) is 6.42 Å². The number of hydrogen-bond acceptors (Lipinski definition) is 1. The number of benzene rings is 1. The molecule has 17 heavy (non-hydrogen) atoms. The first-order valence-electron chi connectivity index (χ1n) is 4.94. The average molecular weight is 253 g/mol. The van der Waals surface area contributed by atoms with E-state index in [2.05, 4.69) is 5.32 Å². The SMILES string of the molecule is CNCC(F)(F)Cc1ccccc1C(F)(F)F. The summed E-state index contributed by atoms with van der Waals surface area (Å²) in [5.41, 5.74) is -1.39. The maximum absolute atomic E-state index is 13.2. The van der Waals surface area contributed by atoms with Crippen molar-refractivity contribution >= 4 is 0 Å². The summed E-state index contributed by atoms with van der Waals surface area (Å²) in [5.74, 6) is -3.20. The molecule has 1 aromatic carbocycles. The molecule has 1 rings (SSSR count). The molecule has 0 heterocycles. The van der Waals surface area contributed by atoms with Gasteiger partial charge in [0.05, 0.1) is 12.1 Å². The van der Waals surface area contributed by atoms with Gasteiger partial charge in [-0.1, -0.05) is 18.2 Å². The molecule has 1 N–H and O–H groups in total. The molecule has 0 amide bonds. The number of rotatable bonds is 4. The highest BCUT2D eigenvalue weighted by atomic mass is 19.4. The van der Waals surface area contributed by atoms with Crippen LogP contribution in [0.15, 0.2) is 24.3 Å². The normalized spacial score (nSPS) is 12.8. The Balaban J connectivity index is 2.99. The Hall–Kier alpha value is -1.17. The second-order valence-electron chi connectivity index (χ2n) is 3.72. The van der Waals surface area contributed by atoms with E-state index in [1.165, 1.54) is 19.2 Å². The van der Waals surface area contributed by atoms with Crippen LogP contribution in [-0.4, -0.2) is 19.5 Å². The lowest BCUT2D eigenvalue weighted by molar-refractivity contribution is -0.138. The summed E-state index contributed by atoms with van der Waals surface area (Å²) in [5, 5.41) is 2.26. The number of hydrogen-bond donors (Lipinski definition) is 1. The minimum Gasteiger partial charge on any atom is -0.314 e. The Labute approximate surface area is 95.6 Å². The summed E-state index contributed by atoms with van der Waals surface area (Å²) >= 11 is 0. The molecule has 1 aromatic rings. The van der Waals surface area contributed by atoms with E-state index in [1.54, 1.807) is 0 Å². The van der Waals surface area contributed by atoms with E-state index in [0.29, 0.717) is 0 Å². The molecule has 1 nitrogen and oxygen atoms in total. The van der Waals surface area contributed by atoms with E-state index in [1.807, 2.05) is 0 Å². The van der Waals surface area contributed by atoms with Crippen LogP contribution >= 0.6 is 0 Å². The lowest BCUT2D eigenvalue weighted by Crippen LogP contribution is -2.33. The second-order valence-corrected chi connectivity index (χ2v) is 3.72. The minimum absolute atomic E-state index is 0.389. The first-order valence-corrected chi connectivity index (χ1v) is 4.94. The van der Waals surface area contributed by atoms with Crippen LogP contribution in [-0.2, 0) is 12.6 Å². The van der Waals surface area contributed by atoms with Crippen LogP contribution in [0.25, 0.3) is 0 Å². The van der Waals surface area contributed by atoms with Crippen LogP contribution in [0.4, 0.5) is 22.0 Å². The molecule has 6 heteroatoms. The predicted octanol–water partition coefficient (Wildman–Crippen LogP) is 3.10. The lowest BCUT2D eigenvalue weighted by atomic mass is 10.0. The molecule has 0 saturated carbocycles. The van der Waals surface area contributed by atoms with Gasteiger partial charge in [-0.05, 0) is 18.7 Å². The fourth-order valence-electron chi connectivity index (χ4n) is 1.55. The van der Waals surface area contributed by atoms with E-state index in [9.17, 15) is 22.0 Å². The molecule has 0 aliphatic carbocycles. The van der Waals surface area contributed by atoms with Crippen LogP contribution in [0.2, 0.25) is 0 Å². The molecule has 0 aliphatic heterocycles. The molecule has 0 spiro atoms. The first kappa shape index (κ1) is 13.9. The van der Waals surface area contributed by atoms with Gasteiger partial charge in [0.25, 0.3) is 5.92 Å². The summed E-state index contributed by atoms with van der Waals surface area (Å²) < 4.78 is 64.1. The highest BCUT2D eigenvalue weighted by Gasteiger charge is 2.36. The quantitative estimate of drug-likeness (QED) is 0.813. The molecular formula is C11H12F5N. The zero-order valence-corrected chi connectivity index (χ0v) is 9.11. The largest absolute Gasteiger partial charge is 0.416 e. The first-order chi connectivity index (χ1) is 7.76. The van der Waals surface area contributed by atoms with Crippen molar-refractivity contribution in [3.05, 3.63) is 35.4 Å². The maximum Gasteiger partial charge on any atom is 0.416 e. The van der Waals surface area contributed by atoms with Crippen LogP contribution in [0.5, 0.6) is 0 Å². The van der Waals surface area contributed by atoms with Crippen molar-refractivity contribution in [1.82, 2.24) is 5.32 Å². The fourth-order valence-corrected chi connectivity index (χ4v) is 1.55. The Morgan fingerprint density at radius 1 is 1.06 bits per heavy atom. The molecule has 0 aromatic heterocycles. The Morgan fingerprint density at radius 2 is 1.65 bits per heavy atom. The maximum atomic E-state index is 13.2.